The summed E-state index contributed by atoms with van der Waals surface area (Å²) in [5.41, 5.74) is 0.978. The third-order valence-corrected chi connectivity index (χ3v) is 3.35. The topological polar surface area (TPSA) is 47.0 Å². The van der Waals surface area contributed by atoms with Gasteiger partial charge in [0, 0.05) is 11.6 Å². The Hall–Kier alpha value is -1.17. The highest BCUT2D eigenvalue weighted by Crippen LogP contribution is 2.29. The first-order valence-corrected chi connectivity index (χ1v) is 6.85. The molecule has 0 amide bonds. The monoisotopic (exact) mass is 283 g/mol. The van der Waals surface area contributed by atoms with Crippen molar-refractivity contribution in [1.29, 1.82) is 0 Å². The number of aryl methyl sites for hydroxylation is 1. The van der Waals surface area contributed by atoms with Crippen molar-refractivity contribution in [3.8, 4) is 10.9 Å². The average molecular weight is 284 g/mol. The van der Waals surface area contributed by atoms with Gasteiger partial charge in [-0.2, -0.15) is 0 Å². The van der Waals surface area contributed by atoms with Crippen molar-refractivity contribution < 1.29 is 4.74 Å². The Morgan fingerprint density at radius 2 is 2.22 bits per heavy atom. The van der Waals surface area contributed by atoms with Gasteiger partial charge in [0.1, 0.15) is 10.8 Å². The number of hydrogen-bond donors (Lipinski definition) is 1. The van der Waals surface area contributed by atoms with Crippen LogP contribution in [-0.4, -0.2) is 16.7 Å². The van der Waals surface area contributed by atoms with E-state index in [9.17, 15) is 0 Å². The summed E-state index contributed by atoms with van der Waals surface area (Å²) in [6, 6.07) is 5.49. The van der Waals surface area contributed by atoms with Gasteiger partial charge in [0.2, 0.25) is 0 Å². The van der Waals surface area contributed by atoms with Gasteiger partial charge in [-0.1, -0.05) is 35.0 Å². The summed E-state index contributed by atoms with van der Waals surface area (Å²) >= 11 is 7.33. The molecule has 1 N–H and O–H groups in total. The molecule has 6 heteroatoms. The lowest BCUT2D eigenvalue weighted by atomic mass is 10.2. The van der Waals surface area contributed by atoms with Gasteiger partial charge >= 0.3 is 0 Å². The van der Waals surface area contributed by atoms with Crippen LogP contribution in [0.4, 0.5) is 0 Å². The molecule has 0 aliphatic carbocycles. The van der Waals surface area contributed by atoms with Gasteiger partial charge in [0.15, 0.2) is 0 Å². The number of ether oxygens (including phenoxy) is 1. The second kappa shape index (κ2) is 6.13. The molecule has 0 bridgehead atoms. The molecule has 0 saturated carbocycles. The van der Waals surface area contributed by atoms with Crippen molar-refractivity contribution in [2.24, 2.45) is 0 Å². The van der Waals surface area contributed by atoms with Crippen LogP contribution in [0.1, 0.15) is 17.5 Å². The highest BCUT2D eigenvalue weighted by Gasteiger charge is 2.07. The minimum atomic E-state index is 0.549. The Kier molecular flexibility index (Phi) is 4.52. The van der Waals surface area contributed by atoms with E-state index >= 15 is 0 Å². The second-order valence-electron chi connectivity index (χ2n) is 3.75. The first-order chi connectivity index (χ1) is 8.69. The molecule has 1 aromatic heterocycles. The van der Waals surface area contributed by atoms with Crippen LogP contribution in [-0.2, 0) is 6.54 Å². The molecule has 0 aliphatic heterocycles. The Morgan fingerprint density at radius 1 is 1.39 bits per heavy atom. The number of halogens is 1. The molecule has 1 heterocycles. The minimum absolute atomic E-state index is 0.549. The SMILES string of the molecule is CCNCc1nnc(Oc2ccc(Cl)cc2C)s1. The molecular formula is C12H14ClN3OS. The third kappa shape index (κ3) is 3.41. The predicted octanol–water partition coefficient (Wildman–Crippen LogP) is 3.40. The highest BCUT2D eigenvalue weighted by atomic mass is 35.5. The molecule has 18 heavy (non-hydrogen) atoms. The molecule has 0 aliphatic rings. The summed E-state index contributed by atoms with van der Waals surface area (Å²) in [5, 5.41) is 13.4. The number of hydrogen-bond acceptors (Lipinski definition) is 5. The van der Waals surface area contributed by atoms with Crippen LogP contribution in [0.5, 0.6) is 10.9 Å². The predicted molar refractivity (Wildman–Crippen MR) is 73.6 cm³/mol. The molecule has 0 unspecified atom stereocenters. The zero-order valence-electron chi connectivity index (χ0n) is 10.2. The lowest BCUT2D eigenvalue weighted by Crippen LogP contribution is -2.11. The van der Waals surface area contributed by atoms with Crippen LogP contribution in [0.25, 0.3) is 0 Å². The third-order valence-electron chi connectivity index (χ3n) is 2.31. The molecular weight excluding hydrogens is 270 g/mol. The van der Waals surface area contributed by atoms with Crippen LogP contribution in [0.2, 0.25) is 5.02 Å². The second-order valence-corrected chi connectivity index (χ2v) is 5.21. The molecule has 2 rings (SSSR count). The van der Waals surface area contributed by atoms with Crippen molar-refractivity contribution >= 4 is 22.9 Å². The lowest BCUT2D eigenvalue weighted by Gasteiger charge is -2.04. The fourth-order valence-electron chi connectivity index (χ4n) is 1.40. The van der Waals surface area contributed by atoms with Gasteiger partial charge in [0.05, 0.1) is 0 Å². The van der Waals surface area contributed by atoms with E-state index in [2.05, 4.69) is 22.4 Å². The maximum Gasteiger partial charge on any atom is 0.299 e. The van der Waals surface area contributed by atoms with Crippen LogP contribution in [0.15, 0.2) is 18.2 Å². The number of aromatic nitrogens is 2. The zero-order valence-corrected chi connectivity index (χ0v) is 11.8. The van der Waals surface area contributed by atoms with Gasteiger partial charge in [-0.05, 0) is 37.2 Å². The Labute approximate surface area is 115 Å². The van der Waals surface area contributed by atoms with Crippen LogP contribution in [0, 0.1) is 6.92 Å². The van der Waals surface area contributed by atoms with E-state index in [1.807, 2.05) is 19.1 Å². The van der Waals surface area contributed by atoms with Gasteiger partial charge in [-0.3, -0.25) is 0 Å². The van der Waals surface area contributed by atoms with Crippen molar-refractivity contribution in [2.75, 3.05) is 6.54 Å². The van der Waals surface area contributed by atoms with Gasteiger partial charge in [-0.25, -0.2) is 0 Å². The maximum atomic E-state index is 5.89. The smallest absolute Gasteiger partial charge is 0.299 e. The number of rotatable bonds is 5. The fraction of sp³-hybridized carbons (Fsp3) is 0.333. The Morgan fingerprint density at radius 3 is 2.94 bits per heavy atom. The van der Waals surface area contributed by atoms with E-state index in [-0.39, 0.29) is 0 Å². The molecule has 0 atom stereocenters. The molecule has 96 valence electrons. The molecule has 0 saturated heterocycles. The Bertz CT molecular complexity index is 530. The maximum absolute atomic E-state index is 5.89. The molecule has 4 nitrogen and oxygen atoms in total. The zero-order chi connectivity index (χ0) is 13.0. The number of nitrogens with one attached hydrogen (secondary N) is 1. The summed E-state index contributed by atoms with van der Waals surface area (Å²) in [7, 11) is 0. The van der Waals surface area contributed by atoms with E-state index in [1.165, 1.54) is 11.3 Å². The molecule has 2 aromatic rings. The first-order valence-electron chi connectivity index (χ1n) is 5.66. The fourth-order valence-corrected chi connectivity index (χ4v) is 2.30. The van der Waals surface area contributed by atoms with Crippen molar-refractivity contribution in [2.45, 2.75) is 20.4 Å². The standard InChI is InChI=1S/C12H14ClN3OS/c1-3-14-7-11-15-16-12(18-11)17-10-5-4-9(13)6-8(10)2/h4-6,14H,3,7H2,1-2H3. The van der Waals surface area contributed by atoms with Crippen LogP contribution >= 0.6 is 22.9 Å². The van der Waals surface area contributed by atoms with Crippen LogP contribution < -0.4 is 10.1 Å². The lowest BCUT2D eigenvalue weighted by molar-refractivity contribution is 0.469. The molecule has 0 fully saturated rings. The molecule has 1 aromatic carbocycles. The van der Waals surface area contributed by atoms with E-state index < -0.39 is 0 Å². The highest BCUT2D eigenvalue weighted by molar-refractivity contribution is 7.13. The average Bonchev–Trinajstić information content (AvgIpc) is 2.78. The number of nitrogens with zero attached hydrogens (tertiary/aromatic N) is 2. The van der Waals surface area contributed by atoms with E-state index in [0.29, 0.717) is 10.2 Å². The van der Waals surface area contributed by atoms with Gasteiger partial charge in [0.25, 0.3) is 5.19 Å². The quantitative estimate of drug-likeness (QED) is 0.913. The largest absolute Gasteiger partial charge is 0.430 e. The summed E-state index contributed by atoms with van der Waals surface area (Å²) in [4.78, 5) is 0. The summed E-state index contributed by atoms with van der Waals surface area (Å²) in [5.74, 6) is 0.755. The normalized spacial score (nSPS) is 10.6. The van der Waals surface area contributed by atoms with Gasteiger partial charge in [-0.15, -0.1) is 5.10 Å². The summed E-state index contributed by atoms with van der Waals surface area (Å²) < 4.78 is 5.68. The van der Waals surface area contributed by atoms with Crippen molar-refractivity contribution in [3.63, 3.8) is 0 Å². The van der Waals surface area contributed by atoms with E-state index in [1.54, 1.807) is 6.07 Å². The van der Waals surface area contributed by atoms with E-state index in [4.69, 9.17) is 16.3 Å². The minimum Gasteiger partial charge on any atom is -0.430 e. The Balaban J connectivity index is 2.06. The van der Waals surface area contributed by atoms with Gasteiger partial charge < -0.3 is 10.1 Å². The van der Waals surface area contributed by atoms with Crippen molar-refractivity contribution in [3.05, 3.63) is 33.8 Å². The number of benzene rings is 1. The molecule has 0 spiro atoms. The first kappa shape index (κ1) is 13.3. The van der Waals surface area contributed by atoms with E-state index in [0.717, 1.165) is 29.4 Å². The van der Waals surface area contributed by atoms with Crippen molar-refractivity contribution in [1.82, 2.24) is 15.5 Å². The van der Waals surface area contributed by atoms with Crippen LogP contribution in [0.3, 0.4) is 0 Å². The summed E-state index contributed by atoms with van der Waals surface area (Å²) in [6.45, 7) is 5.63. The summed E-state index contributed by atoms with van der Waals surface area (Å²) in [6.07, 6.45) is 0. The molecule has 0 radical (unpaired) electrons.